The van der Waals surface area contributed by atoms with Gasteiger partial charge in [0.1, 0.15) is 17.3 Å². The van der Waals surface area contributed by atoms with Crippen LogP contribution in [0.3, 0.4) is 0 Å². The summed E-state index contributed by atoms with van der Waals surface area (Å²) < 4.78 is 43.2. The van der Waals surface area contributed by atoms with Crippen molar-refractivity contribution in [1.29, 1.82) is 0 Å². The van der Waals surface area contributed by atoms with Crippen molar-refractivity contribution in [2.45, 2.75) is 36.6 Å². The van der Waals surface area contributed by atoms with Gasteiger partial charge in [-0.3, -0.25) is 4.79 Å². The first kappa shape index (κ1) is 29.0. The molecular weight excluding hydrogens is 593 g/mol. The minimum atomic E-state index is -3.80. The lowest BCUT2D eigenvalue weighted by Crippen LogP contribution is -2.54. The van der Waals surface area contributed by atoms with Gasteiger partial charge in [-0.2, -0.15) is 4.98 Å². The van der Waals surface area contributed by atoms with Crippen LogP contribution in [0.2, 0.25) is 5.02 Å². The Hall–Kier alpha value is -4.09. The van der Waals surface area contributed by atoms with Crippen molar-refractivity contribution >= 4 is 44.2 Å². The number of aromatic nitrogens is 3. The Bertz CT molecular complexity index is 1980. The second-order valence-electron chi connectivity index (χ2n) is 11.0. The normalized spacial score (nSPS) is 17.3. The molecule has 0 unspecified atom stereocenters. The number of carbonyl (C=O) groups is 1. The molecule has 222 valence electrons. The predicted octanol–water partition coefficient (Wildman–Crippen LogP) is 4.74. The maximum Gasteiger partial charge on any atom is 0.355 e. The van der Waals surface area contributed by atoms with E-state index in [0.717, 1.165) is 19.1 Å². The number of hydrogen-bond acceptors (Lipinski definition) is 7. The highest BCUT2D eigenvalue weighted by Crippen LogP contribution is 2.45. The molecule has 2 aromatic heterocycles. The Balaban J connectivity index is 1.67. The molecule has 2 fully saturated rings. The van der Waals surface area contributed by atoms with Gasteiger partial charge in [0.05, 0.1) is 21.0 Å². The van der Waals surface area contributed by atoms with E-state index in [2.05, 4.69) is 16.5 Å². The van der Waals surface area contributed by atoms with Gasteiger partial charge >= 0.3 is 5.69 Å². The number of para-hydroxylation sites is 1. The molecule has 43 heavy (non-hydrogen) atoms. The summed E-state index contributed by atoms with van der Waals surface area (Å²) in [6.45, 7) is 6.46. The van der Waals surface area contributed by atoms with Crippen molar-refractivity contribution in [3.8, 4) is 16.9 Å². The largest absolute Gasteiger partial charge is 0.355 e. The molecule has 2 aliphatic rings. The molecule has 3 heterocycles. The number of nitrogens with zero attached hydrogens (tertiary/aromatic N) is 5. The first-order valence-corrected chi connectivity index (χ1v) is 16.2. The van der Waals surface area contributed by atoms with Gasteiger partial charge in [-0.1, -0.05) is 48.5 Å². The lowest BCUT2D eigenvalue weighted by atomic mass is 10.1. The van der Waals surface area contributed by atoms with Crippen LogP contribution in [0.25, 0.3) is 28.0 Å². The number of hydrogen-bond donors (Lipinski definition) is 0. The van der Waals surface area contributed by atoms with E-state index in [1.165, 1.54) is 22.8 Å². The number of benzene rings is 2. The summed E-state index contributed by atoms with van der Waals surface area (Å²) in [5.41, 5.74) is 0.423. The average Bonchev–Trinajstić information content (AvgIpc) is 3.82. The van der Waals surface area contributed by atoms with Gasteiger partial charge in [0.15, 0.2) is 15.5 Å². The summed E-state index contributed by atoms with van der Waals surface area (Å²) in [4.78, 5) is 38.9. The van der Waals surface area contributed by atoms with Crippen LogP contribution in [0.1, 0.15) is 31.2 Å². The van der Waals surface area contributed by atoms with Crippen LogP contribution in [0.15, 0.2) is 70.9 Å². The lowest BCUT2D eigenvalue weighted by molar-refractivity contribution is -0.126. The Labute approximate surface area is 253 Å². The molecule has 0 spiro atoms. The quantitative estimate of drug-likeness (QED) is 0.286. The van der Waals surface area contributed by atoms with Crippen molar-refractivity contribution in [3.05, 3.63) is 88.1 Å². The molecule has 1 atom stereocenters. The zero-order chi connectivity index (χ0) is 30.6. The monoisotopic (exact) mass is 621 g/mol. The molecule has 6 rings (SSSR count). The van der Waals surface area contributed by atoms with Crippen molar-refractivity contribution in [3.63, 3.8) is 0 Å². The second-order valence-corrected chi connectivity index (χ2v) is 13.4. The van der Waals surface area contributed by atoms with Crippen LogP contribution in [0.4, 0.5) is 10.2 Å². The molecule has 2 aromatic carbocycles. The summed E-state index contributed by atoms with van der Waals surface area (Å²) in [6.07, 6.45) is 4.03. The molecule has 0 N–H and O–H groups in total. The van der Waals surface area contributed by atoms with Crippen LogP contribution in [-0.4, -0.2) is 65.7 Å². The van der Waals surface area contributed by atoms with Gasteiger partial charge < -0.3 is 9.80 Å². The zero-order valence-electron chi connectivity index (χ0n) is 23.6. The minimum absolute atomic E-state index is 0.0369. The molecule has 1 aliphatic carbocycles. The van der Waals surface area contributed by atoms with Crippen LogP contribution >= 0.6 is 11.6 Å². The zero-order valence-corrected chi connectivity index (χ0v) is 25.2. The highest BCUT2D eigenvalue weighted by atomic mass is 35.5. The Morgan fingerprint density at radius 2 is 1.86 bits per heavy atom. The Morgan fingerprint density at radius 1 is 1.12 bits per heavy atom. The van der Waals surface area contributed by atoms with Crippen LogP contribution < -0.4 is 10.6 Å². The van der Waals surface area contributed by atoms with E-state index in [4.69, 9.17) is 11.6 Å². The summed E-state index contributed by atoms with van der Waals surface area (Å²) in [7, 11) is -3.80. The number of fused-ring (bicyclic) bond motifs is 1. The van der Waals surface area contributed by atoms with Crippen molar-refractivity contribution in [2.24, 2.45) is 0 Å². The van der Waals surface area contributed by atoms with Gasteiger partial charge in [0.25, 0.3) is 0 Å². The summed E-state index contributed by atoms with van der Waals surface area (Å²) >= 11 is 6.44. The van der Waals surface area contributed by atoms with Crippen LogP contribution in [-0.2, 0) is 14.6 Å². The minimum Gasteiger partial charge on any atom is -0.350 e. The molecule has 1 saturated carbocycles. The van der Waals surface area contributed by atoms with E-state index in [1.807, 2.05) is 17.9 Å². The molecular formula is C31H29ClFN5O4S. The number of piperazine rings is 1. The van der Waals surface area contributed by atoms with E-state index in [9.17, 15) is 18.0 Å². The molecule has 12 heteroatoms. The first-order chi connectivity index (χ1) is 20.5. The first-order valence-electron chi connectivity index (χ1n) is 13.9. The Morgan fingerprint density at radius 3 is 2.51 bits per heavy atom. The molecule has 4 aromatic rings. The number of carbonyl (C=O) groups excluding carboxylic acids is 1. The third-order valence-electron chi connectivity index (χ3n) is 7.99. The van der Waals surface area contributed by atoms with Crippen LogP contribution in [0.5, 0.6) is 0 Å². The van der Waals surface area contributed by atoms with Gasteiger partial charge in [-0.15, -0.1) is 0 Å². The summed E-state index contributed by atoms with van der Waals surface area (Å²) in [6, 6.07) is 12.6. The molecule has 9 nitrogen and oxygen atoms in total. The number of sulfone groups is 1. The fourth-order valence-electron chi connectivity index (χ4n) is 5.77. The molecule has 1 saturated heterocycles. The molecule has 1 aliphatic heterocycles. The average molecular weight is 622 g/mol. The molecule has 1 amide bonds. The third-order valence-corrected chi connectivity index (χ3v) is 9.44. The van der Waals surface area contributed by atoms with Crippen LogP contribution in [0, 0.1) is 5.82 Å². The molecule has 0 bridgehead atoms. The van der Waals surface area contributed by atoms with E-state index in [-0.39, 0.29) is 56.0 Å². The van der Waals surface area contributed by atoms with Gasteiger partial charge in [0, 0.05) is 37.5 Å². The maximum atomic E-state index is 15.9. The predicted molar refractivity (Wildman–Crippen MR) is 164 cm³/mol. The third kappa shape index (κ3) is 5.21. The SMILES string of the molecule is C=CC(=O)N1CCN(c2nc(=O)n(-c3c(C4CC4)cccc3S(C)(=O)=O)c3nc(-c4ccccc4Cl)c(F)cc23)[C@@H](C)C1. The number of rotatable bonds is 6. The summed E-state index contributed by atoms with van der Waals surface area (Å²) in [5, 5.41) is 0.497. The van der Waals surface area contributed by atoms with Crippen molar-refractivity contribution < 1.29 is 17.6 Å². The number of pyridine rings is 1. The number of anilines is 1. The van der Waals surface area contributed by atoms with Gasteiger partial charge in [0.2, 0.25) is 5.91 Å². The smallest absolute Gasteiger partial charge is 0.350 e. The van der Waals surface area contributed by atoms with Crippen molar-refractivity contribution in [1.82, 2.24) is 19.4 Å². The number of amides is 1. The molecule has 0 radical (unpaired) electrons. The highest BCUT2D eigenvalue weighted by Gasteiger charge is 2.34. The Kier molecular flexibility index (Phi) is 7.34. The topological polar surface area (TPSA) is 105 Å². The van der Waals surface area contributed by atoms with Gasteiger partial charge in [-0.25, -0.2) is 27.2 Å². The standard InChI is InChI=1S/C31H29ClFN5O4S/c1-4-26(39)36-14-15-37(18(2)17-36)29-22-16-24(33)27(21-8-5-6-10-23(21)32)34-30(22)38(31(40)35-29)28-20(19-12-13-19)9-7-11-25(28)43(3,41)42/h4-11,16,18-19H,1,12-15,17H2,2-3H3/t18-/m0/s1. The fourth-order valence-corrected chi connectivity index (χ4v) is 6.88. The van der Waals surface area contributed by atoms with Gasteiger partial charge in [-0.05, 0) is 55.5 Å². The van der Waals surface area contributed by atoms with E-state index in [0.29, 0.717) is 30.8 Å². The highest BCUT2D eigenvalue weighted by molar-refractivity contribution is 7.90. The summed E-state index contributed by atoms with van der Waals surface area (Å²) in [5.74, 6) is -0.615. The van der Waals surface area contributed by atoms with E-state index in [1.54, 1.807) is 35.2 Å². The van der Waals surface area contributed by atoms with Crippen molar-refractivity contribution in [2.75, 3.05) is 30.8 Å². The van der Waals surface area contributed by atoms with E-state index < -0.39 is 21.3 Å². The lowest BCUT2D eigenvalue weighted by Gasteiger charge is -2.40. The maximum absolute atomic E-state index is 15.9. The fraction of sp³-hybridized carbons (Fsp3) is 0.290. The van der Waals surface area contributed by atoms with E-state index >= 15 is 4.39 Å². The second kappa shape index (κ2) is 10.9. The number of halogens is 2.